The van der Waals surface area contributed by atoms with Gasteiger partial charge in [-0.15, -0.1) is 0 Å². The SMILES string of the molecule is Cc1cccc(NC(=O)COc2ccc3ccc(=O)oc3c2)n1. The van der Waals surface area contributed by atoms with Gasteiger partial charge in [-0.3, -0.25) is 4.79 Å². The number of hydrogen-bond donors (Lipinski definition) is 1. The number of nitrogens with zero attached hydrogens (tertiary/aromatic N) is 1. The fraction of sp³-hybridized carbons (Fsp3) is 0.118. The van der Waals surface area contributed by atoms with Crippen molar-refractivity contribution in [3.8, 4) is 5.75 Å². The summed E-state index contributed by atoms with van der Waals surface area (Å²) in [6.07, 6.45) is 0. The van der Waals surface area contributed by atoms with Crippen molar-refractivity contribution in [2.24, 2.45) is 0 Å². The van der Waals surface area contributed by atoms with Gasteiger partial charge in [-0.2, -0.15) is 0 Å². The zero-order valence-electron chi connectivity index (χ0n) is 12.4. The van der Waals surface area contributed by atoms with Crippen LogP contribution in [0.4, 0.5) is 5.82 Å². The molecule has 1 aromatic carbocycles. The first-order valence-electron chi connectivity index (χ1n) is 7.00. The van der Waals surface area contributed by atoms with Crippen molar-refractivity contribution in [2.45, 2.75) is 6.92 Å². The lowest BCUT2D eigenvalue weighted by molar-refractivity contribution is -0.118. The summed E-state index contributed by atoms with van der Waals surface area (Å²) in [5.41, 5.74) is 0.793. The van der Waals surface area contributed by atoms with Crippen LogP contribution in [-0.2, 0) is 4.79 Å². The first-order chi connectivity index (χ1) is 11.1. The van der Waals surface area contributed by atoms with Crippen molar-refractivity contribution < 1.29 is 13.9 Å². The first-order valence-corrected chi connectivity index (χ1v) is 7.00. The number of aromatic nitrogens is 1. The van der Waals surface area contributed by atoms with Crippen LogP contribution in [0.3, 0.4) is 0 Å². The van der Waals surface area contributed by atoms with Crippen LogP contribution in [0.1, 0.15) is 5.69 Å². The lowest BCUT2D eigenvalue weighted by Crippen LogP contribution is -2.20. The van der Waals surface area contributed by atoms with Crippen molar-refractivity contribution in [1.29, 1.82) is 0 Å². The highest BCUT2D eigenvalue weighted by Crippen LogP contribution is 2.19. The van der Waals surface area contributed by atoms with Gasteiger partial charge >= 0.3 is 5.63 Å². The summed E-state index contributed by atoms with van der Waals surface area (Å²) in [4.78, 5) is 27.3. The van der Waals surface area contributed by atoms with Crippen LogP contribution in [0, 0.1) is 6.92 Å². The van der Waals surface area contributed by atoms with Crippen LogP contribution in [0.25, 0.3) is 11.0 Å². The highest BCUT2D eigenvalue weighted by atomic mass is 16.5. The summed E-state index contributed by atoms with van der Waals surface area (Å²) in [5, 5.41) is 3.43. The maximum Gasteiger partial charge on any atom is 0.336 e. The summed E-state index contributed by atoms with van der Waals surface area (Å²) in [7, 11) is 0. The molecule has 0 spiro atoms. The molecular formula is C17H14N2O4. The number of carbonyl (C=O) groups is 1. The summed E-state index contributed by atoms with van der Waals surface area (Å²) in [5.74, 6) is 0.597. The molecule has 0 radical (unpaired) electrons. The number of rotatable bonds is 4. The predicted molar refractivity (Wildman–Crippen MR) is 85.6 cm³/mol. The average molecular weight is 310 g/mol. The van der Waals surface area contributed by atoms with E-state index in [4.69, 9.17) is 9.15 Å². The van der Waals surface area contributed by atoms with Crippen LogP contribution in [-0.4, -0.2) is 17.5 Å². The van der Waals surface area contributed by atoms with Crippen LogP contribution < -0.4 is 15.7 Å². The fourth-order valence-electron chi connectivity index (χ4n) is 2.07. The van der Waals surface area contributed by atoms with Crippen LogP contribution in [0.2, 0.25) is 0 Å². The largest absolute Gasteiger partial charge is 0.484 e. The monoisotopic (exact) mass is 310 g/mol. The Morgan fingerprint density at radius 3 is 2.87 bits per heavy atom. The van der Waals surface area contributed by atoms with Crippen LogP contribution in [0.15, 0.2) is 57.7 Å². The average Bonchev–Trinajstić information content (AvgIpc) is 2.52. The molecule has 0 aliphatic rings. The van der Waals surface area contributed by atoms with E-state index >= 15 is 0 Å². The number of amides is 1. The first kappa shape index (κ1) is 14.8. The van der Waals surface area contributed by atoms with Gasteiger partial charge in [0.2, 0.25) is 0 Å². The Morgan fingerprint density at radius 1 is 1.22 bits per heavy atom. The van der Waals surface area contributed by atoms with Gasteiger partial charge in [0.1, 0.15) is 17.2 Å². The number of pyridine rings is 1. The molecule has 0 saturated carbocycles. The van der Waals surface area contributed by atoms with Gasteiger partial charge in [-0.1, -0.05) is 6.07 Å². The molecule has 0 unspecified atom stereocenters. The van der Waals surface area contributed by atoms with Gasteiger partial charge in [0.15, 0.2) is 6.61 Å². The topological polar surface area (TPSA) is 81.4 Å². The minimum absolute atomic E-state index is 0.168. The molecule has 6 heteroatoms. The van der Waals surface area contributed by atoms with E-state index in [9.17, 15) is 9.59 Å². The maximum atomic E-state index is 11.9. The van der Waals surface area contributed by atoms with Crippen molar-refractivity contribution in [2.75, 3.05) is 11.9 Å². The van der Waals surface area contributed by atoms with Crippen molar-refractivity contribution >= 4 is 22.7 Å². The molecule has 2 aromatic heterocycles. The van der Waals surface area contributed by atoms with Crippen molar-refractivity contribution in [3.63, 3.8) is 0 Å². The Balaban J connectivity index is 1.65. The van der Waals surface area contributed by atoms with E-state index in [1.54, 1.807) is 30.3 Å². The van der Waals surface area contributed by atoms with Gasteiger partial charge in [-0.05, 0) is 37.3 Å². The summed E-state index contributed by atoms with van der Waals surface area (Å²) < 4.78 is 10.5. The van der Waals surface area contributed by atoms with Crippen LogP contribution in [0.5, 0.6) is 5.75 Å². The third-order valence-electron chi connectivity index (χ3n) is 3.12. The van der Waals surface area contributed by atoms with E-state index in [0.29, 0.717) is 17.2 Å². The summed E-state index contributed by atoms with van der Waals surface area (Å²) in [6, 6.07) is 13.4. The van der Waals surface area contributed by atoms with Gasteiger partial charge in [0, 0.05) is 23.2 Å². The zero-order chi connectivity index (χ0) is 16.2. The third kappa shape index (κ3) is 3.74. The second kappa shape index (κ2) is 6.31. The molecule has 6 nitrogen and oxygen atoms in total. The van der Waals surface area contributed by atoms with E-state index in [-0.39, 0.29) is 12.5 Å². The normalized spacial score (nSPS) is 10.5. The molecule has 23 heavy (non-hydrogen) atoms. The molecule has 1 N–H and O–H groups in total. The van der Waals surface area contributed by atoms with E-state index in [2.05, 4.69) is 10.3 Å². The summed E-state index contributed by atoms with van der Waals surface area (Å²) in [6.45, 7) is 1.67. The number of fused-ring (bicyclic) bond motifs is 1. The minimum atomic E-state index is -0.432. The molecule has 0 fully saturated rings. The predicted octanol–water partition coefficient (Wildman–Crippen LogP) is 2.51. The molecule has 3 rings (SSSR count). The number of aryl methyl sites for hydroxylation is 1. The second-order valence-corrected chi connectivity index (χ2v) is 4.96. The zero-order valence-corrected chi connectivity index (χ0v) is 12.4. The van der Waals surface area contributed by atoms with Gasteiger partial charge in [0.25, 0.3) is 5.91 Å². The van der Waals surface area contributed by atoms with Gasteiger partial charge in [0.05, 0.1) is 0 Å². The Hall–Kier alpha value is -3.15. The van der Waals surface area contributed by atoms with Gasteiger partial charge < -0.3 is 14.5 Å². The lowest BCUT2D eigenvalue weighted by Gasteiger charge is -2.08. The number of ether oxygens (including phenoxy) is 1. The van der Waals surface area contributed by atoms with E-state index in [1.165, 1.54) is 6.07 Å². The standard InChI is InChI=1S/C17H14N2O4/c1-11-3-2-4-15(18-11)19-16(20)10-22-13-7-5-12-6-8-17(21)23-14(12)9-13/h2-9H,10H2,1H3,(H,18,19,20). The third-order valence-corrected chi connectivity index (χ3v) is 3.12. The molecule has 0 saturated heterocycles. The Labute approximate surface area is 131 Å². The molecule has 3 aromatic rings. The van der Waals surface area contributed by atoms with Crippen molar-refractivity contribution in [3.05, 3.63) is 64.6 Å². The highest BCUT2D eigenvalue weighted by molar-refractivity contribution is 5.91. The second-order valence-electron chi connectivity index (χ2n) is 4.96. The van der Waals surface area contributed by atoms with Gasteiger partial charge in [-0.25, -0.2) is 9.78 Å². The number of anilines is 1. The number of benzene rings is 1. The highest BCUT2D eigenvalue weighted by Gasteiger charge is 2.06. The van der Waals surface area contributed by atoms with E-state index < -0.39 is 5.63 Å². The molecule has 0 atom stereocenters. The molecular weight excluding hydrogens is 296 g/mol. The smallest absolute Gasteiger partial charge is 0.336 e. The lowest BCUT2D eigenvalue weighted by atomic mass is 10.2. The fourth-order valence-corrected chi connectivity index (χ4v) is 2.07. The number of nitrogens with one attached hydrogen (secondary N) is 1. The minimum Gasteiger partial charge on any atom is -0.484 e. The Kier molecular flexibility index (Phi) is 4.05. The molecule has 116 valence electrons. The molecule has 0 aliphatic heterocycles. The molecule has 1 amide bonds. The Bertz CT molecular complexity index is 918. The molecule has 2 heterocycles. The maximum absolute atomic E-state index is 11.9. The number of hydrogen-bond acceptors (Lipinski definition) is 5. The van der Waals surface area contributed by atoms with E-state index in [1.807, 2.05) is 19.1 Å². The number of carbonyl (C=O) groups excluding carboxylic acids is 1. The van der Waals surface area contributed by atoms with E-state index in [0.717, 1.165) is 11.1 Å². The quantitative estimate of drug-likeness (QED) is 0.749. The van der Waals surface area contributed by atoms with Crippen molar-refractivity contribution in [1.82, 2.24) is 4.98 Å². The molecule has 0 aliphatic carbocycles. The molecule has 0 bridgehead atoms. The Morgan fingerprint density at radius 2 is 2.04 bits per heavy atom. The summed E-state index contributed by atoms with van der Waals surface area (Å²) >= 11 is 0. The van der Waals surface area contributed by atoms with Crippen LogP contribution >= 0.6 is 0 Å².